The normalized spacial score (nSPS) is 9.96. The van der Waals surface area contributed by atoms with Crippen molar-refractivity contribution < 1.29 is 50.7 Å². The molecule has 6 nitrogen and oxygen atoms in total. The molecule has 0 N–H and O–H groups in total. The predicted molar refractivity (Wildman–Crippen MR) is 287 cm³/mol. The Bertz CT molecular complexity index is 2190. The largest absolute Gasteiger partial charge is 1.00 e. The van der Waals surface area contributed by atoms with Crippen LogP contribution in [0.1, 0.15) is 20.8 Å². The van der Waals surface area contributed by atoms with Gasteiger partial charge in [0.15, 0.2) is 0 Å². The van der Waals surface area contributed by atoms with Gasteiger partial charge in [0.25, 0.3) is 0 Å². The van der Waals surface area contributed by atoms with Crippen molar-refractivity contribution in [3.8, 4) is 6.07 Å². The van der Waals surface area contributed by atoms with Gasteiger partial charge < -0.3 is 4.79 Å². The van der Waals surface area contributed by atoms with Gasteiger partial charge in [-0.3, -0.25) is 0 Å². The fraction of sp³-hybridized carbons (Fsp3) is 0.0508. The molecule has 0 aliphatic heterocycles. The summed E-state index contributed by atoms with van der Waals surface area (Å²) in [5.41, 5.74) is 0. The molecule has 0 radical (unpaired) electrons. The number of hydrogen-bond donors (Lipinski definition) is 0. The first-order valence-corrected chi connectivity index (χ1v) is 27.7. The Kier molecular flexibility index (Phi) is 28.0. The summed E-state index contributed by atoms with van der Waals surface area (Å²) < 4.78 is 34.0. The molecular formula is C59H57ClCuNO5P3+3. The molecule has 0 amide bonds. The minimum Gasteiger partial charge on any atom is -0.300 e. The molecule has 358 valence electrons. The Morgan fingerprint density at radius 2 is 0.400 bits per heavy atom. The Morgan fingerprint density at radius 1 is 0.329 bits per heavy atom. The average Bonchev–Trinajstić information content (AvgIpc) is 3.37. The third-order valence-electron chi connectivity index (χ3n) is 9.56. The standard InChI is InChI=1S/3C18H15P.C3H6O.C2H3N.ClHO4.Cu/c3*1-4-10-16(11-5-1)19(17-12-6-2-7-13-17)18-14-8-3-9-15-18;1-3(2)4;1-2-3;2-1(3,4)5;/h3*1-15H;1-2H3;1H3;(H,2,3,4,5);/q;;;;;;+1/p+2. The molecule has 11 heteroatoms. The molecule has 0 spiro atoms. The molecule has 70 heavy (non-hydrogen) atoms. The summed E-state index contributed by atoms with van der Waals surface area (Å²) in [5, 5.41) is 20.2. The predicted octanol–water partition coefficient (Wildman–Crippen LogP) is 5.90. The number of carbonyl (C=O) groups excluding carboxylic acids is 1. The summed E-state index contributed by atoms with van der Waals surface area (Å²) in [4.78, 5) is 9.44. The van der Waals surface area contributed by atoms with Crippen molar-refractivity contribution in [2.45, 2.75) is 20.8 Å². The van der Waals surface area contributed by atoms with Crippen molar-refractivity contribution in [3.05, 3.63) is 273 Å². The van der Waals surface area contributed by atoms with Crippen molar-refractivity contribution in [2.75, 3.05) is 0 Å². The van der Waals surface area contributed by atoms with Gasteiger partial charge >= 0.3 is 17.1 Å². The van der Waals surface area contributed by atoms with Crippen molar-refractivity contribution in [3.63, 3.8) is 0 Å². The summed E-state index contributed by atoms with van der Waals surface area (Å²) in [7, 11) is -7.58. The van der Waals surface area contributed by atoms with Gasteiger partial charge in [-0.05, 0) is 123 Å². The van der Waals surface area contributed by atoms with Crippen LogP contribution < -0.4 is 66.4 Å². The van der Waals surface area contributed by atoms with E-state index in [4.69, 9.17) is 23.9 Å². The first-order valence-electron chi connectivity index (χ1n) is 22.0. The fourth-order valence-electron chi connectivity index (χ4n) is 6.94. The Balaban J connectivity index is 0.000000247. The molecule has 0 saturated heterocycles. The molecule has 9 aromatic rings. The smallest absolute Gasteiger partial charge is 0.300 e. The van der Waals surface area contributed by atoms with E-state index in [1.54, 1.807) is 6.07 Å². The van der Waals surface area contributed by atoms with Crippen LogP contribution in [0.2, 0.25) is 0 Å². The maximum Gasteiger partial charge on any atom is 1.00 e. The number of nitriles is 1. The molecule has 9 aromatic carbocycles. The van der Waals surface area contributed by atoms with E-state index in [1.807, 2.05) is 0 Å². The van der Waals surface area contributed by atoms with Crippen LogP contribution in [-0.4, -0.2) is 5.78 Å². The average molecular weight is 1050 g/mol. The van der Waals surface area contributed by atoms with Gasteiger partial charge in [0, 0.05) is 6.92 Å². The third kappa shape index (κ3) is 22.2. The van der Waals surface area contributed by atoms with Gasteiger partial charge in [-0.2, -0.15) is 5.26 Å². The van der Waals surface area contributed by atoms with E-state index in [-0.39, 0.29) is 22.9 Å². The minimum absolute atomic E-state index is 0. The Labute approximate surface area is 430 Å². The van der Waals surface area contributed by atoms with E-state index in [2.05, 4.69) is 273 Å². The minimum atomic E-state index is -4.94. The molecule has 0 saturated carbocycles. The van der Waals surface area contributed by atoms with Gasteiger partial charge in [0.2, 0.25) is 0 Å². The fourth-order valence-corrected chi connectivity index (χ4v) is 14.7. The summed E-state index contributed by atoms with van der Waals surface area (Å²) in [6.07, 6.45) is 0. The molecule has 9 rings (SSSR count). The first-order chi connectivity index (χ1) is 33.5. The first kappa shape index (κ1) is 58.4. The van der Waals surface area contributed by atoms with Crippen molar-refractivity contribution >= 4 is 77.3 Å². The number of nitrogens with zero attached hydrogens (tertiary/aromatic N) is 1. The molecule has 0 atom stereocenters. The zero-order valence-electron chi connectivity index (χ0n) is 39.1. The topological polar surface area (TPSA) is 133 Å². The number of Topliss-reactive ketones (excluding diaryl/α,β-unsaturated/α-hetero) is 1. The van der Waals surface area contributed by atoms with Crippen molar-refractivity contribution in [1.29, 1.82) is 5.26 Å². The SMILES string of the molecule is CC#N.CC(C)=O.[Cu+].[O-][Cl+3]([O-])([O-])[O-].c1ccc([PH+](c2ccccc2)c2ccccc2)cc1.c1ccc([PH+](c2ccccc2)c2ccccc2)cc1.c1ccc([PH+](c2ccccc2)c2ccccc2)cc1. The summed E-state index contributed by atoms with van der Waals surface area (Å²) in [6, 6.07) is 99.2. The molecule has 0 unspecified atom stereocenters. The third-order valence-corrected chi connectivity index (χ3v) is 17.8. The van der Waals surface area contributed by atoms with Crippen LogP contribution in [0.25, 0.3) is 0 Å². The summed E-state index contributed by atoms with van der Waals surface area (Å²) in [6.45, 7) is 4.49. The monoisotopic (exact) mass is 1050 g/mol. The maximum atomic E-state index is 9.44. The molecule has 0 bridgehead atoms. The Morgan fingerprint density at radius 3 is 0.471 bits per heavy atom. The summed E-state index contributed by atoms with van der Waals surface area (Å²) in [5.74, 6) is 0.167. The van der Waals surface area contributed by atoms with Gasteiger partial charge in [0.1, 0.15) is 53.5 Å². The van der Waals surface area contributed by atoms with E-state index in [0.717, 1.165) is 0 Å². The van der Waals surface area contributed by atoms with Crippen molar-refractivity contribution in [2.24, 2.45) is 0 Å². The molecule has 0 heterocycles. The second-order valence-corrected chi connectivity index (χ2v) is 23.1. The van der Waals surface area contributed by atoms with Gasteiger partial charge in [-0.15, -0.1) is 10.2 Å². The van der Waals surface area contributed by atoms with Crippen LogP contribution in [0.4, 0.5) is 0 Å². The van der Waals surface area contributed by atoms with Crippen LogP contribution in [0.15, 0.2) is 273 Å². The number of hydrogen-bond acceptors (Lipinski definition) is 6. The van der Waals surface area contributed by atoms with E-state index >= 15 is 0 Å². The molecule has 0 fully saturated rings. The van der Waals surface area contributed by atoms with Crippen LogP contribution in [0.3, 0.4) is 0 Å². The van der Waals surface area contributed by atoms with Crippen LogP contribution in [-0.2, 0) is 21.9 Å². The van der Waals surface area contributed by atoms with Crippen LogP contribution in [0, 0.1) is 21.6 Å². The molecule has 0 aliphatic carbocycles. The van der Waals surface area contributed by atoms with Crippen molar-refractivity contribution in [1.82, 2.24) is 0 Å². The number of ketones is 1. The number of halogens is 1. The second kappa shape index (κ2) is 33.6. The van der Waals surface area contributed by atoms with E-state index in [9.17, 15) is 4.79 Å². The zero-order valence-corrected chi connectivity index (χ0v) is 43.8. The van der Waals surface area contributed by atoms with Gasteiger partial charge in [-0.1, -0.05) is 164 Å². The summed E-state index contributed by atoms with van der Waals surface area (Å²) >= 11 is 0. The molecule has 0 aromatic heterocycles. The number of benzene rings is 9. The van der Waals surface area contributed by atoms with Gasteiger partial charge in [-0.25, -0.2) is 18.6 Å². The van der Waals surface area contributed by atoms with Gasteiger partial charge in [0.05, 0.1) is 29.8 Å². The number of carbonyl (C=O) groups is 1. The quantitative estimate of drug-likeness (QED) is 0.131. The number of rotatable bonds is 9. The van der Waals surface area contributed by atoms with Crippen LogP contribution >= 0.6 is 23.8 Å². The second-order valence-electron chi connectivity index (χ2n) is 14.9. The maximum absolute atomic E-state index is 9.44. The molecule has 0 aliphatic rings. The Hall–Kier alpha value is -5.92. The van der Waals surface area contributed by atoms with Crippen LogP contribution in [0.5, 0.6) is 0 Å². The van der Waals surface area contributed by atoms with E-state index in [1.165, 1.54) is 68.5 Å². The zero-order chi connectivity index (χ0) is 49.5. The van der Waals surface area contributed by atoms with E-state index < -0.39 is 34.0 Å². The molecular weight excluding hydrogens is 995 g/mol. The van der Waals surface area contributed by atoms with E-state index in [0.29, 0.717) is 0 Å².